The van der Waals surface area contributed by atoms with Gasteiger partial charge in [0.15, 0.2) is 12.4 Å². The maximum atomic E-state index is 12.9. The molecular weight excluding hydrogens is 971 g/mol. The van der Waals surface area contributed by atoms with E-state index in [1.165, 1.54) is 116 Å². The summed E-state index contributed by atoms with van der Waals surface area (Å²) in [6.07, 6.45) is 78.6. The van der Waals surface area contributed by atoms with Gasteiger partial charge in [0.1, 0.15) is 13.2 Å². The molecule has 0 aromatic carbocycles. The molecule has 0 fully saturated rings. The van der Waals surface area contributed by atoms with Gasteiger partial charge in [0.05, 0.1) is 40.3 Å². The summed E-state index contributed by atoms with van der Waals surface area (Å²) in [4.78, 5) is 37.3. The first-order valence-electron chi connectivity index (χ1n) is 31.5. The third-order valence-corrected chi connectivity index (χ3v) is 13.3. The first kappa shape index (κ1) is 74.0. The summed E-state index contributed by atoms with van der Waals surface area (Å²) in [6.45, 7) is 4.64. The molecule has 2 unspecified atom stereocenters. The summed E-state index contributed by atoms with van der Waals surface area (Å²) in [5.41, 5.74) is 0. The third kappa shape index (κ3) is 59.6. The highest BCUT2D eigenvalue weighted by atomic mass is 16.7. The average molecular weight is 1090 g/mol. The number of carboxylic acid groups (broad SMARTS) is 1. The average Bonchev–Trinajstić information content (AvgIpc) is 3.41. The Labute approximate surface area is 479 Å². The van der Waals surface area contributed by atoms with Gasteiger partial charge >= 0.3 is 11.9 Å². The first-order chi connectivity index (χ1) is 38.1. The molecule has 0 radical (unpaired) electrons. The van der Waals surface area contributed by atoms with Gasteiger partial charge < -0.3 is 33.3 Å². The Morgan fingerprint density at radius 2 is 0.731 bits per heavy atom. The Bertz CT molecular complexity index is 1640. The van der Waals surface area contributed by atoms with E-state index in [1.54, 1.807) is 0 Å². The van der Waals surface area contributed by atoms with E-state index < -0.39 is 24.3 Å². The minimum atomic E-state index is -1.63. The first-order valence-corrected chi connectivity index (χ1v) is 31.5. The van der Waals surface area contributed by atoms with Crippen molar-refractivity contribution in [3.05, 3.63) is 109 Å². The minimum absolute atomic E-state index is 0.143. The molecule has 0 aromatic rings. The van der Waals surface area contributed by atoms with Gasteiger partial charge in [-0.1, -0.05) is 264 Å². The molecule has 9 heteroatoms. The van der Waals surface area contributed by atoms with Crippen molar-refractivity contribution in [3.8, 4) is 0 Å². The van der Waals surface area contributed by atoms with E-state index in [0.717, 1.165) is 103 Å². The van der Waals surface area contributed by atoms with Crippen LogP contribution in [-0.4, -0.2) is 82.3 Å². The molecule has 0 bridgehead atoms. The van der Waals surface area contributed by atoms with Crippen LogP contribution in [0.4, 0.5) is 0 Å². The van der Waals surface area contributed by atoms with Gasteiger partial charge in [-0.2, -0.15) is 0 Å². The van der Waals surface area contributed by atoms with Crippen molar-refractivity contribution < 1.29 is 42.9 Å². The second kappa shape index (κ2) is 59.1. The molecule has 78 heavy (non-hydrogen) atoms. The van der Waals surface area contributed by atoms with Crippen LogP contribution in [-0.2, 0) is 33.3 Å². The molecule has 0 saturated heterocycles. The molecule has 0 aromatic heterocycles. The summed E-state index contributed by atoms with van der Waals surface area (Å²) in [7, 11) is 5.92. The minimum Gasteiger partial charge on any atom is -0.545 e. The van der Waals surface area contributed by atoms with Crippen molar-refractivity contribution in [2.75, 3.05) is 47.5 Å². The number of aliphatic carboxylic acids is 1. The third-order valence-electron chi connectivity index (χ3n) is 13.3. The van der Waals surface area contributed by atoms with Gasteiger partial charge in [-0.3, -0.25) is 9.59 Å². The smallest absolute Gasteiger partial charge is 0.306 e. The van der Waals surface area contributed by atoms with E-state index in [9.17, 15) is 19.5 Å². The number of carboxylic acids is 1. The highest BCUT2D eigenvalue weighted by Crippen LogP contribution is 2.16. The number of carbonyl (C=O) groups is 3. The van der Waals surface area contributed by atoms with E-state index in [4.69, 9.17) is 18.9 Å². The maximum absolute atomic E-state index is 12.9. The van der Waals surface area contributed by atoms with E-state index in [-0.39, 0.29) is 32.2 Å². The molecule has 9 nitrogen and oxygen atoms in total. The number of nitrogens with zero attached hydrogens (tertiary/aromatic N) is 1. The van der Waals surface area contributed by atoms with Crippen molar-refractivity contribution in [2.24, 2.45) is 0 Å². The SMILES string of the molecule is CC/C=C\C/C=C\C/C=C\C/C=C\C/C=C\C/C=C\C/C=C\C/C=C\C/C=C\CCCCCCCCCCCC(=O)OC(COC(=O)CCCCCCCCCCCCCCCCCC)COC(OCC[N+](C)(C)C)C(=O)[O-]. The Hall–Kier alpha value is -4.05. The molecule has 0 heterocycles. The van der Waals surface area contributed by atoms with Crippen molar-refractivity contribution in [3.63, 3.8) is 0 Å². The molecule has 0 spiro atoms. The zero-order valence-electron chi connectivity index (χ0n) is 50.8. The summed E-state index contributed by atoms with van der Waals surface area (Å²) < 4.78 is 22.7. The number of rotatable bonds is 57. The van der Waals surface area contributed by atoms with Crippen LogP contribution in [0.2, 0.25) is 0 Å². The van der Waals surface area contributed by atoms with Crippen LogP contribution in [0.3, 0.4) is 0 Å². The molecular formula is C69H117NO8. The van der Waals surface area contributed by atoms with Gasteiger partial charge in [-0.15, -0.1) is 0 Å². The Morgan fingerprint density at radius 3 is 1.09 bits per heavy atom. The summed E-state index contributed by atoms with van der Waals surface area (Å²) in [6, 6.07) is 0. The van der Waals surface area contributed by atoms with Gasteiger partial charge in [0.2, 0.25) is 0 Å². The standard InChI is InChI=1S/C69H117NO8/c1-6-8-10-12-14-16-18-20-22-24-25-26-27-28-29-30-31-32-33-34-35-36-37-38-39-40-41-42-43-44-46-48-50-52-54-56-58-60-67(72)78-65(64-77-69(68(73)74)75-62-61-70(3,4)5)63-76-66(71)59-57-55-53-51-49-47-45-23-21-19-17-15-13-11-9-7-2/h8,10,14,16,20,22,25-26,28-29,31-32,34-35,37-38,40-41,65,69H,6-7,9,11-13,15,17-19,21,23-24,27,30,33,36,39,42-64H2,1-5H3/b10-8-,16-14-,22-20-,26-25-,29-28-,32-31-,35-34-,38-37-,41-40-. The molecule has 0 aliphatic carbocycles. The Kier molecular flexibility index (Phi) is 56.0. The molecule has 0 aliphatic heterocycles. The van der Waals surface area contributed by atoms with Crippen LogP contribution in [0, 0.1) is 0 Å². The van der Waals surface area contributed by atoms with Crippen molar-refractivity contribution in [1.82, 2.24) is 0 Å². The van der Waals surface area contributed by atoms with Crippen LogP contribution in [0.15, 0.2) is 109 Å². The number of hydrogen-bond donors (Lipinski definition) is 0. The molecule has 0 rings (SSSR count). The lowest BCUT2D eigenvalue weighted by molar-refractivity contribution is -0.870. The predicted octanol–water partition coefficient (Wildman–Crippen LogP) is 17.7. The summed E-state index contributed by atoms with van der Waals surface area (Å²) in [5, 5.41) is 11.8. The number of likely N-dealkylation sites (N-methyl/N-ethyl adjacent to an activating group) is 1. The van der Waals surface area contributed by atoms with Crippen LogP contribution >= 0.6 is 0 Å². The van der Waals surface area contributed by atoms with E-state index in [0.29, 0.717) is 23.9 Å². The number of allylic oxidation sites excluding steroid dienone is 18. The van der Waals surface area contributed by atoms with Gasteiger partial charge in [-0.25, -0.2) is 0 Å². The largest absolute Gasteiger partial charge is 0.545 e. The lowest BCUT2D eigenvalue weighted by atomic mass is 10.0. The fraction of sp³-hybridized carbons (Fsp3) is 0.696. The molecule has 0 aliphatic rings. The van der Waals surface area contributed by atoms with E-state index >= 15 is 0 Å². The second-order valence-corrected chi connectivity index (χ2v) is 22.0. The summed E-state index contributed by atoms with van der Waals surface area (Å²) in [5.74, 6) is -2.29. The number of esters is 2. The summed E-state index contributed by atoms with van der Waals surface area (Å²) >= 11 is 0. The highest BCUT2D eigenvalue weighted by molar-refractivity contribution is 5.70. The van der Waals surface area contributed by atoms with E-state index in [1.807, 2.05) is 21.1 Å². The number of hydrogen-bond acceptors (Lipinski definition) is 8. The zero-order chi connectivity index (χ0) is 56.9. The molecule has 446 valence electrons. The second-order valence-electron chi connectivity index (χ2n) is 22.0. The Balaban J connectivity index is 4.18. The highest BCUT2D eigenvalue weighted by Gasteiger charge is 2.22. The number of ether oxygens (including phenoxy) is 4. The lowest BCUT2D eigenvalue weighted by Crippen LogP contribution is -2.44. The van der Waals surface area contributed by atoms with Crippen LogP contribution in [0.1, 0.15) is 251 Å². The van der Waals surface area contributed by atoms with Crippen LogP contribution < -0.4 is 5.11 Å². The fourth-order valence-corrected chi connectivity index (χ4v) is 8.47. The topological polar surface area (TPSA) is 111 Å². The molecule has 0 N–H and O–H groups in total. The lowest BCUT2D eigenvalue weighted by Gasteiger charge is -2.26. The molecule has 0 saturated carbocycles. The molecule has 2 atom stereocenters. The zero-order valence-corrected chi connectivity index (χ0v) is 50.8. The number of quaternary nitrogens is 1. The maximum Gasteiger partial charge on any atom is 0.306 e. The number of carbonyl (C=O) groups excluding carboxylic acids is 3. The van der Waals surface area contributed by atoms with Gasteiger partial charge in [-0.05, 0) is 83.5 Å². The van der Waals surface area contributed by atoms with Crippen molar-refractivity contribution >= 4 is 17.9 Å². The normalized spacial score (nSPS) is 13.5. The molecule has 0 amide bonds. The van der Waals surface area contributed by atoms with E-state index in [2.05, 4.69) is 123 Å². The van der Waals surface area contributed by atoms with Gasteiger partial charge in [0.25, 0.3) is 0 Å². The fourth-order valence-electron chi connectivity index (χ4n) is 8.47. The van der Waals surface area contributed by atoms with Crippen LogP contribution in [0.5, 0.6) is 0 Å². The quantitative estimate of drug-likeness (QED) is 0.0195. The Morgan fingerprint density at radius 1 is 0.397 bits per heavy atom. The van der Waals surface area contributed by atoms with Crippen LogP contribution in [0.25, 0.3) is 0 Å². The monoisotopic (exact) mass is 1090 g/mol. The number of unbranched alkanes of at least 4 members (excludes halogenated alkanes) is 24. The predicted molar refractivity (Wildman–Crippen MR) is 329 cm³/mol. The van der Waals surface area contributed by atoms with Crippen molar-refractivity contribution in [2.45, 2.75) is 264 Å². The van der Waals surface area contributed by atoms with Crippen molar-refractivity contribution in [1.29, 1.82) is 0 Å². The van der Waals surface area contributed by atoms with Gasteiger partial charge in [0, 0.05) is 12.8 Å².